The van der Waals surface area contributed by atoms with E-state index in [2.05, 4.69) is 9.71 Å². The van der Waals surface area contributed by atoms with Crippen LogP contribution in [0.2, 0.25) is 0 Å². The first-order valence-corrected chi connectivity index (χ1v) is 10.4. The molecular weight excluding hydrogens is 372 g/mol. The molecule has 0 saturated heterocycles. The Morgan fingerprint density at radius 2 is 1.62 bits per heavy atom. The summed E-state index contributed by atoms with van der Waals surface area (Å²) in [6.45, 7) is 0. The van der Waals surface area contributed by atoms with Crippen molar-refractivity contribution in [3.8, 4) is 33.3 Å². The quantitative estimate of drug-likeness (QED) is 0.691. The van der Waals surface area contributed by atoms with Gasteiger partial charge in [0.15, 0.2) is 11.5 Å². The molecule has 1 aromatic heterocycles. The number of aromatic nitrogens is 1. The van der Waals surface area contributed by atoms with Crippen LogP contribution in [0.3, 0.4) is 0 Å². The summed E-state index contributed by atoms with van der Waals surface area (Å²) < 4.78 is 35.6. The summed E-state index contributed by atoms with van der Waals surface area (Å²) in [5.41, 5.74) is 3.19. The molecule has 0 unspecified atom stereocenters. The van der Waals surface area contributed by atoms with Gasteiger partial charge in [-0.2, -0.15) is 0 Å². The van der Waals surface area contributed by atoms with Crippen LogP contribution < -0.4 is 14.2 Å². The first kappa shape index (κ1) is 18.2. The Hall–Kier alpha value is -2.58. The van der Waals surface area contributed by atoms with E-state index in [1.807, 2.05) is 35.7 Å². The van der Waals surface area contributed by atoms with Gasteiger partial charge in [0.25, 0.3) is 0 Å². The molecule has 3 rings (SSSR count). The molecule has 0 atom stereocenters. The van der Waals surface area contributed by atoms with Gasteiger partial charge in [0.1, 0.15) is 5.01 Å². The Kier molecular flexibility index (Phi) is 5.15. The van der Waals surface area contributed by atoms with E-state index in [9.17, 15) is 8.42 Å². The molecule has 0 radical (unpaired) electrons. The van der Waals surface area contributed by atoms with Crippen molar-refractivity contribution in [2.45, 2.75) is 0 Å². The van der Waals surface area contributed by atoms with Crippen molar-refractivity contribution < 1.29 is 17.9 Å². The first-order valence-electron chi connectivity index (χ1n) is 7.66. The highest BCUT2D eigenvalue weighted by atomic mass is 32.2. The van der Waals surface area contributed by atoms with Gasteiger partial charge in [-0.3, -0.25) is 4.72 Å². The monoisotopic (exact) mass is 390 g/mol. The SMILES string of the molecule is COc1ccc(-c2nc(-c3ccc(NS(C)(=O)=O)cc3)cs2)cc1OC. The summed E-state index contributed by atoms with van der Waals surface area (Å²) in [7, 11) is -0.0879. The summed E-state index contributed by atoms with van der Waals surface area (Å²) >= 11 is 1.53. The molecule has 26 heavy (non-hydrogen) atoms. The Morgan fingerprint density at radius 1 is 0.962 bits per heavy atom. The van der Waals surface area contributed by atoms with Crippen LogP contribution in [0.1, 0.15) is 0 Å². The molecule has 0 fully saturated rings. The van der Waals surface area contributed by atoms with Crippen molar-refractivity contribution in [3.05, 3.63) is 47.8 Å². The second kappa shape index (κ2) is 7.35. The number of sulfonamides is 1. The first-order chi connectivity index (χ1) is 12.4. The predicted molar refractivity (Wildman–Crippen MR) is 105 cm³/mol. The minimum atomic E-state index is -3.28. The lowest BCUT2D eigenvalue weighted by Gasteiger charge is -2.08. The van der Waals surface area contributed by atoms with E-state index in [0.29, 0.717) is 17.2 Å². The molecule has 0 aliphatic rings. The van der Waals surface area contributed by atoms with Crippen molar-refractivity contribution >= 4 is 27.0 Å². The second-order valence-corrected chi connectivity index (χ2v) is 8.17. The number of nitrogens with zero attached hydrogens (tertiary/aromatic N) is 1. The van der Waals surface area contributed by atoms with Gasteiger partial charge in [0, 0.05) is 22.2 Å². The highest BCUT2D eigenvalue weighted by molar-refractivity contribution is 7.92. The molecule has 0 bridgehead atoms. The van der Waals surface area contributed by atoms with Gasteiger partial charge in [-0.1, -0.05) is 12.1 Å². The predicted octanol–water partition coefficient (Wildman–Crippen LogP) is 3.87. The third-order valence-electron chi connectivity index (χ3n) is 3.62. The smallest absolute Gasteiger partial charge is 0.229 e. The minimum Gasteiger partial charge on any atom is -0.493 e. The molecule has 0 saturated carbocycles. The van der Waals surface area contributed by atoms with E-state index < -0.39 is 10.0 Å². The van der Waals surface area contributed by atoms with E-state index in [-0.39, 0.29) is 0 Å². The van der Waals surface area contributed by atoms with Crippen LogP contribution in [0.25, 0.3) is 21.8 Å². The lowest BCUT2D eigenvalue weighted by molar-refractivity contribution is 0.355. The second-order valence-electron chi connectivity index (χ2n) is 5.56. The molecule has 0 amide bonds. The van der Waals surface area contributed by atoms with E-state index in [1.165, 1.54) is 11.3 Å². The average molecular weight is 390 g/mol. The maximum Gasteiger partial charge on any atom is 0.229 e. The van der Waals surface area contributed by atoms with Gasteiger partial charge in [0.05, 0.1) is 26.2 Å². The zero-order chi connectivity index (χ0) is 18.7. The fraction of sp³-hybridized carbons (Fsp3) is 0.167. The lowest BCUT2D eigenvalue weighted by atomic mass is 10.1. The molecule has 3 aromatic rings. The molecular formula is C18H18N2O4S2. The van der Waals surface area contributed by atoms with E-state index in [4.69, 9.17) is 9.47 Å². The van der Waals surface area contributed by atoms with Crippen LogP contribution in [-0.4, -0.2) is 33.9 Å². The van der Waals surface area contributed by atoms with Crippen molar-refractivity contribution in [1.82, 2.24) is 4.98 Å². The number of hydrogen-bond acceptors (Lipinski definition) is 6. The number of benzene rings is 2. The number of anilines is 1. The van der Waals surface area contributed by atoms with Crippen LogP contribution in [0.5, 0.6) is 11.5 Å². The normalized spacial score (nSPS) is 11.2. The van der Waals surface area contributed by atoms with Gasteiger partial charge in [-0.25, -0.2) is 13.4 Å². The molecule has 0 aliphatic heterocycles. The molecule has 1 N–H and O–H groups in total. The highest BCUT2D eigenvalue weighted by Gasteiger charge is 2.11. The number of rotatable bonds is 6. The van der Waals surface area contributed by atoms with Crippen molar-refractivity contribution in [2.75, 3.05) is 25.2 Å². The fourth-order valence-corrected chi connectivity index (χ4v) is 3.82. The Bertz CT molecular complexity index is 1010. The molecule has 0 spiro atoms. The van der Waals surface area contributed by atoms with Crippen LogP contribution >= 0.6 is 11.3 Å². The standard InChI is InChI=1S/C18H18N2O4S2/c1-23-16-9-6-13(10-17(16)24-2)18-19-15(11-25-18)12-4-7-14(8-5-12)20-26(3,21)22/h4-11,20H,1-3H3. The van der Waals surface area contributed by atoms with E-state index >= 15 is 0 Å². The molecule has 2 aromatic carbocycles. The Balaban J connectivity index is 1.86. The maximum absolute atomic E-state index is 11.3. The van der Waals surface area contributed by atoms with Gasteiger partial charge >= 0.3 is 0 Å². The summed E-state index contributed by atoms with van der Waals surface area (Å²) in [5.74, 6) is 1.32. The topological polar surface area (TPSA) is 77.5 Å². The number of thiazole rings is 1. The molecule has 1 heterocycles. The molecule has 8 heteroatoms. The molecule has 6 nitrogen and oxygen atoms in total. The van der Waals surface area contributed by atoms with E-state index in [0.717, 1.165) is 28.1 Å². The van der Waals surface area contributed by atoms with Crippen LogP contribution in [0.4, 0.5) is 5.69 Å². The number of methoxy groups -OCH3 is 2. The third kappa shape index (κ3) is 4.14. The van der Waals surface area contributed by atoms with Crippen molar-refractivity contribution in [2.24, 2.45) is 0 Å². The fourth-order valence-electron chi connectivity index (χ4n) is 2.43. The van der Waals surface area contributed by atoms with Crippen LogP contribution in [-0.2, 0) is 10.0 Å². The summed E-state index contributed by atoms with van der Waals surface area (Å²) in [6.07, 6.45) is 1.12. The number of nitrogens with one attached hydrogen (secondary N) is 1. The van der Waals surface area contributed by atoms with Gasteiger partial charge in [-0.15, -0.1) is 11.3 Å². The average Bonchev–Trinajstić information content (AvgIpc) is 3.10. The van der Waals surface area contributed by atoms with Crippen molar-refractivity contribution in [1.29, 1.82) is 0 Å². The summed E-state index contributed by atoms with van der Waals surface area (Å²) in [5, 5.41) is 2.82. The Labute approximate surface area is 156 Å². The van der Waals surface area contributed by atoms with E-state index in [1.54, 1.807) is 26.4 Å². The number of ether oxygens (including phenoxy) is 2. The largest absolute Gasteiger partial charge is 0.493 e. The molecule has 136 valence electrons. The highest BCUT2D eigenvalue weighted by Crippen LogP contribution is 2.35. The summed E-state index contributed by atoms with van der Waals surface area (Å²) in [4.78, 5) is 4.67. The lowest BCUT2D eigenvalue weighted by Crippen LogP contribution is -2.09. The van der Waals surface area contributed by atoms with Gasteiger partial charge in [-0.05, 0) is 30.3 Å². The van der Waals surface area contributed by atoms with Gasteiger partial charge in [0.2, 0.25) is 10.0 Å². The zero-order valence-electron chi connectivity index (χ0n) is 14.5. The zero-order valence-corrected chi connectivity index (χ0v) is 16.1. The third-order valence-corrected chi connectivity index (χ3v) is 5.12. The molecule has 0 aliphatic carbocycles. The number of hydrogen-bond donors (Lipinski definition) is 1. The minimum absolute atomic E-state index is 0.520. The van der Waals surface area contributed by atoms with Crippen LogP contribution in [0, 0.1) is 0 Å². The Morgan fingerprint density at radius 3 is 2.23 bits per heavy atom. The van der Waals surface area contributed by atoms with Crippen molar-refractivity contribution in [3.63, 3.8) is 0 Å². The van der Waals surface area contributed by atoms with Gasteiger partial charge < -0.3 is 9.47 Å². The maximum atomic E-state index is 11.3. The van der Waals surface area contributed by atoms with Crippen LogP contribution in [0.15, 0.2) is 47.8 Å². The summed E-state index contributed by atoms with van der Waals surface area (Å²) in [6, 6.07) is 12.8.